The van der Waals surface area contributed by atoms with Crippen molar-refractivity contribution in [2.45, 2.75) is 32.2 Å². The van der Waals surface area contributed by atoms with E-state index in [2.05, 4.69) is 13.8 Å². The van der Waals surface area contributed by atoms with Crippen molar-refractivity contribution in [3.05, 3.63) is 30.3 Å². The van der Waals surface area contributed by atoms with E-state index in [1.54, 1.807) is 0 Å². The molecular weight excluding hydrogens is 174 g/mol. The third-order valence-electron chi connectivity index (χ3n) is 2.49. The Balaban J connectivity index is 2.29. The maximum atomic E-state index is 6.00. The molecule has 0 bridgehead atoms. The van der Waals surface area contributed by atoms with E-state index >= 15 is 0 Å². The van der Waals surface area contributed by atoms with Crippen molar-refractivity contribution in [2.24, 2.45) is 5.73 Å². The Morgan fingerprint density at radius 1 is 1.29 bits per heavy atom. The van der Waals surface area contributed by atoms with Crippen LogP contribution in [-0.4, -0.2) is 12.1 Å². The molecular formula is C12H19NO. The van der Waals surface area contributed by atoms with Gasteiger partial charge in [0.15, 0.2) is 0 Å². The average Bonchev–Trinajstić information content (AvgIpc) is 2.19. The second kappa shape index (κ2) is 5.01. The summed E-state index contributed by atoms with van der Waals surface area (Å²) in [5.74, 6) is 0.916. The fraction of sp³-hybridized carbons (Fsp3) is 0.500. The van der Waals surface area contributed by atoms with Crippen molar-refractivity contribution in [2.75, 3.05) is 6.61 Å². The predicted octanol–water partition coefficient (Wildman–Crippen LogP) is 2.58. The zero-order valence-electron chi connectivity index (χ0n) is 8.99. The van der Waals surface area contributed by atoms with Gasteiger partial charge in [-0.25, -0.2) is 0 Å². The molecule has 0 radical (unpaired) electrons. The van der Waals surface area contributed by atoms with Crippen LogP contribution in [0.1, 0.15) is 26.7 Å². The number of hydrogen-bond donors (Lipinski definition) is 1. The summed E-state index contributed by atoms with van der Waals surface area (Å²) < 4.78 is 5.56. The van der Waals surface area contributed by atoms with Crippen LogP contribution in [0.15, 0.2) is 30.3 Å². The Kier molecular flexibility index (Phi) is 3.96. The van der Waals surface area contributed by atoms with Gasteiger partial charge in [-0.15, -0.1) is 0 Å². The highest BCUT2D eigenvalue weighted by Gasteiger charge is 2.14. The summed E-state index contributed by atoms with van der Waals surface area (Å²) in [6.07, 6.45) is 1.86. The fourth-order valence-electron chi connectivity index (χ4n) is 1.10. The van der Waals surface area contributed by atoms with Gasteiger partial charge in [0.25, 0.3) is 0 Å². The molecule has 1 atom stereocenters. The van der Waals surface area contributed by atoms with Crippen LogP contribution in [0.5, 0.6) is 5.75 Å². The first-order chi connectivity index (χ1) is 6.64. The van der Waals surface area contributed by atoms with Crippen molar-refractivity contribution in [3.63, 3.8) is 0 Å². The van der Waals surface area contributed by atoms with Crippen LogP contribution in [0, 0.1) is 0 Å². The lowest BCUT2D eigenvalue weighted by atomic mass is 9.97. The van der Waals surface area contributed by atoms with E-state index in [0.29, 0.717) is 6.61 Å². The van der Waals surface area contributed by atoms with Crippen LogP contribution < -0.4 is 10.5 Å². The third-order valence-corrected chi connectivity index (χ3v) is 2.49. The zero-order chi connectivity index (χ0) is 10.4. The van der Waals surface area contributed by atoms with Gasteiger partial charge in [0.2, 0.25) is 0 Å². The summed E-state index contributed by atoms with van der Waals surface area (Å²) in [7, 11) is 0. The lowest BCUT2D eigenvalue weighted by molar-refractivity contribution is 0.262. The first kappa shape index (κ1) is 11.1. The maximum absolute atomic E-state index is 6.00. The van der Waals surface area contributed by atoms with Gasteiger partial charge >= 0.3 is 0 Å². The van der Waals surface area contributed by atoms with Crippen molar-refractivity contribution >= 4 is 0 Å². The topological polar surface area (TPSA) is 35.2 Å². The predicted molar refractivity (Wildman–Crippen MR) is 59.4 cm³/mol. The normalized spacial score (nSPS) is 14.8. The van der Waals surface area contributed by atoms with E-state index in [-0.39, 0.29) is 5.54 Å². The lowest BCUT2D eigenvalue weighted by Gasteiger charge is -2.22. The van der Waals surface area contributed by atoms with E-state index < -0.39 is 0 Å². The van der Waals surface area contributed by atoms with Crippen molar-refractivity contribution in [1.29, 1.82) is 0 Å². The fourth-order valence-corrected chi connectivity index (χ4v) is 1.10. The number of hydrogen-bond acceptors (Lipinski definition) is 2. The molecule has 2 heteroatoms. The van der Waals surface area contributed by atoms with Gasteiger partial charge in [-0.05, 0) is 31.9 Å². The van der Waals surface area contributed by atoms with Gasteiger partial charge in [-0.2, -0.15) is 0 Å². The summed E-state index contributed by atoms with van der Waals surface area (Å²) in [6.45, 7) is 4.84. The van der Waals surface area contributed by atoms with Crippen LogP contribution in [0.3, 0.4) is 0 Å². The largest absolute Gasteiger partial charge is 0.494 e. The smallest absolute Gasteiger partial charge is 0.119 e. The molecule has 1 aromatic rings. The summed E-state index contributed by atoms with van der Waals surface area (Å²) in [6, 6.07) is 9.83. The van der Waals surface area contributed by atoms with Gasteiger partial charge in [-0.3, -0.25) is 0 Å². The summed E-state index contributed by atoms with van der Waals surface area (Å²) in [5, 5.41) is 0. The summed E-state index contributed by atoms with van der Waals surface area (Å²) in [5.41, 5.74) is 5.90. The van der Waals surface area contributed by atoms with E-state index in [1.165, 1.54) is 0 Å². The molecule has 2 N–H and O–H groups in total. The Hall–Kier alpha value is -1.02. The molecule has 1 aromatic carbocycles. The van der Waals surface area contributed by atoms with Gasteiger partial charge in [0.05, 0.1) is 6.61 Å². The quantitative estimate of drug-likeness (QED) is 0.780. The van der Waals surface area contributed by atoms with E-state index in [1.807, 2.05) is 30.3 Å². The van der Waals surface area contributed by atoms with Crippen LogP contribution >= 0.6 is 0 Å². The Bertz CT molecular complexity index is 256. The molecule has 0 aromatic heterocycles. The molecule has 0 saturated heterocycles. The molecule has 2 nitrogen and oxygen atoms in total. The average molecular weight is 193 g/mol. The first-order valence-electron chi connectivity index (χ1n) is 5.11. The van der Waals surface area contributed by atoms with Gasteiger partial charge in [0, 0.05) is 5.54 Å². The molecule has 0 saturated carbocycles. The number of para-hydroxylation sites is 1. The number of nitrogens with two attached hydrogens (primary N) is 1. The maximum Gasteiger partial charge on any atom is 0.119 e. The summed E-state index contributed by atoms with van der Waals surface area (Å²) in [4.78, 5) is 0. The van der Waals surface area contributed by atoms with Crippen molar-refractivity contribution < 1.29 is 4.74 Å². The lowest BCUT2D eigenvalue weighted by Crippen LogP contribution is -2.36. The minimum absolute atomic E-state index is 0.102. The van der Waals surface area contributed by atoms with Crippen LogP contribution in [0.4, 0.5) is 0 Å². The molecule has 0 aliphatic rings. The van der Waals surface area contributed by atoms with Gasteiger partial charge in [0.1, 0.15) is 5.75 Å². The highest BCUT2D eigenvalue weighted by Crippen LogP contribution is 2.13. The van der Waals surface area contributed by atoms with Crippen molar-refractivity contribution in [1.82, 2.24) is 0 Å². The first-order valence-corrected chi connectivity index (χ1v) is 5.11. The minimum Gasteiger partial charge on any atom is -0.494 e. The Morgan fingerprint density at radius 2 is 1.93 bits per heavy atom. The van der Waals surface area contributed by atoms with Gasteiger partial charge in [-0.1, -0.05) is 25.1 Å². The molecule has 14 heavy (non-hydrogen) atoms. The molecule has 0 aliphatic carbocycles. The van der Waals surface area contributed by atoms with Crippen molar-refractivity contribution in [3.8, 4) is 5.75 Å². The van der Waals surface area contributed by atoms with Crippen LogP contribution in [0.2, 0.25) is 0 Å². The molecule has 78 valence electrons. The number of benzene rings is 1. The molecule has 0 fully saturated rings. The second-order valence-electron chi connectivity index (χ2n) is 3.92. The highest BCUT2D eigenvalue weighted by atomic mass is 16.5. The Morgan fingerprint density at radius 3 is 2.50 bits per heavy atom. The standard InChI is InChI=1S/C12H19NO/c1-3-12(2,13)9-10-14-11-7-5-4-6-8-11/h4-8H,3,9-10,13H2,1-2H3. The SMILES string of the molecule is CCC(C)(N)CCOc1ccccc1. The van der Waals surface area contributed by atoms with E-state index in [0.717, 1.165) is 18.6 Å². The molecule has 0 aliphatic heterocycles. The molecule has 0 heterocycles. The Labute approximate surface area is 86.1 Å². The number of rotatable bonds is 5. The van der Waals surface area contributed by atoms with E-state index in [9.17, 15) is 0 Å². The monoisotopic (exact) mass is 193 g/mol. The number of ether oxygens (including phenoxy) is 1. The molecule has 0 spiro atoms. The van der Waals surface area contributed by atoms with E-state index in [4.69, 9.17) is 10.5 Å². The molecule has 1 unspecified atom stereocenters. The van der Waals surface area contributed by atoms with Gasteiger partial charge < -0.3 is 10.5 Å². The second-order valence-corrected chi connectivity index (χ2v) is 3.92. The van der Waals surface area contributed by atoms with Crippen LogP contribution in [-0.2, 0) is 0 Å². The zero-order valence-corrected chi connectivity index (χ0v) is 8.99. The third kappa shape index (κ3) is 3.79. The highest BCUT2D eigenvalue weighted by molar-refractivity contribution is 5.20. The molecule has 0 amide bonds. The minimum atomic E-state index is -0.102. The van der Waals surface area contributed by atoms with Crippen LogP contribution in [0.25, 0.3) is 0 Å². The summed E-state index contributed by atoms with van der Waals surface area (Å²) >= 11 is 0. The molecule has 1 rings (SSSR count).